The maximum absolute atomic E-state index is 12.6. The molecule has 0 amide bonds. The van der Waals surface area contributed by atoms with Crippen LogP contribution in [0.4, 0.5) is 5.82 Å². The predicted octanol–water partition coefficient (Wildman–Crippen LogP) is 1.97. The van der Waals surface area contributed by atoms with Crippen molar-refractivity contribution >= 4 is 5.82 Å². The Balaban J connectivity index is 1.78. The normalized spacial score (nSPS) is 10.9. The number of hydrogen-bond donors (Lipinski definition) is 0. The van der Waals surface area contributed by atoms with Gasteiger partial charge in [0.15, 0.2) is 0 Å². The molecule has 0 saturated heterocycles. The molecule has 2 aromatic heterocycles. The summed E-state index contributed by atoms with van der Waals surface area (Å²) in [5.74, 6) is 0.200. The maximum atomic E-state index is 12.6. The summed E-state index contributed by atoms with van der Waals surface area (Å²) in [4.78, 5) is 26.3. The highest BCUT2D eigenvalue weighted by molar-refractivity contribution is 5.63. The summed E-state index contributed by atoms with van der Waals surface area (Å²) >= 11 is 0. The van der Waals surface area contributed by atoms with Gasteiger partial charge >= 0.3 is 5.69 Å². The van der Waals surface area contributed by atoms with Crippen molar-refractivity contribution in [1.29, 1.82) is 0 Å². The molecule has 4 aromatic rings. The van der Waals surface area contributed by atoms with E-state index in [2.05, 4.69) is 5.10 Å². The van der Waals surface area contributed by atoms with Gasteiger partial charge in [-0.15, -0.1) is 5.10 Å². The highest BCUT2D eigenvalue weighted by Gasteiger charge is 2.18. The second-order valence-electron chi connectivity index (χ2n) is 7.10. The summed E-state index contributed by atoms with van der Waals surface area (Å²) < 4.78 is 4.06. The Morgan fingerprint density at radius 2 is 1.53 bits per heavy atom. The van der Waals surface area contributed by atoms with Gasteiger partial charge in [-0.1, -0.05) is 48.5 Å². The van der Waals surface area contributed by atoms with E-state index in [1.165, 1.54) is 18.8 Å². The summed E-state index contributed by atoms with van der Waals surface area (Å²) in [6.07, 6.45) is 1.96. The quantitative estimate of drug-likeness (QED) is 0.510. The van der Waals surface area contributed by atoms with E-state index in [-0.39, 0.29) is 5.82 Å². The Bertz CT molecular complexity index is 1290. The molecule has 4 rings (SSSR count). The van der Waals surface area contributed by atoms with Crippen molar-refractivity contribution < 1.29 is 0 Å². The Hall–Kier alpha value is -3.94. The molecule has 0 unspecified atom stereocenters. The fourth-order valence-electron chi connectivity index (χ4n) is 3.33. The summed E-state index contributed by atoms with van der Waals surface area (Å²) in [5, 5.41) is 8.97. The first-order chi connectivity index (χ1) is 14.5. The van der Waals surface area contributed by atoms with Crippen LogP contribution in [0, 0.1) is 0 Å². The van der Waals surface area contributed by atoms with E-state index in [1.54, 1.807) is 11.9 Å². The van der Waals surface area contributed by atoms with Crippen LogP contribution in [0.2, 0.25) is 0 Å². The standard InChI is InChI=1S/C22H22N6O2/c1-25(20-21(29)26(2)22(30)27(3)24-20)14-17-15-28(18-12-8-5-9-13-18)23-19(17)16-10-6-4-7-11-16/h4-13,15H,14H2,1-3H3. The van der Waals surface area contributed by atoms with Crippen molar-refractivity contribution in [2.75, 3.05) is 11.9 Å². The van der Waals surface area contributed by atoms with Crippen molar-refractivity contribution in [3.8, 4) is 16.9 Å². The van der Waals surface area contributed by atoms with Gasteiger partial charge in [0, 0.05) is 45.0 Å². The zero-order valence-corrected chi connectivity index (χ0v) is 17.1. The van der Waals surface area contributed by atoms with Gasteiger partial charge in [0.1, 0.15) is 0 Å². The van der Waals surface area contributed by atoms with E-state index < -0.39 is 11.2 Å². The predicted molar refractivity (Wildman–Crippen MR) is 116 cm³/mol. The molecule has 0 fully saturated rings. The zero-order chi connectivity index (χ0) is 21.3. The molecule has 0 spiro atoms. The van der Waals surface area contributed by atoms with Crippen molar-refractivity contribution in [3.05, 3.63) is 93.3 Å². The van der Waals surface area contributed by atoms with E-state index in [4.69, 9.17) is 5.10 Å². The van der Waals surface area contributed by atoms with Crippen LogP contribution >= 0.6 is 0 Å². The monoisotopic (exact) mass is 402 g/mol. The molecule has 0 aliphatic rings. The third-order valence-electron chi connectivity index (χ3n) is 4.93. The number of anilines is 1. The topological polar surface area (TPSA) is 78.0 Å². The van der Waals surface area contributed by atoms with Crippen LogP contribution in [0.25, 0.3) is 16.9 Å². The summed E-state index contributed by atoms with van der Waals surface area (Å²) in [7, 11) is 4.76. The lowest BCUT2D eigenvalue weighted by atomic mass is 10.1. The molecular weight excluding hydrogens is 380 g/mol. The third kappa shape index (κ3) is 3.55. The average molecular weight is 402 g/mol. The molecule has 30 heavy (non-hydrogen) atoms. The molecule has 0 bridgehead atoms. The van der Waals surface area contributed by atoms with E-state index in [0.29, 0.717) is 6.54 Å². The number of hydrogen-bond acceptors (Lipinski definition) is 5. The molecule has 0 N–H and O–H groups in total. The number of aryl methyl sites for hydroxylation is 1. The summed E-state index contributed by atoms with van der Waals surface area (Å²) in [6, 6.07) is 19.8. The number of benzene rings is 2. The van der Waals surface area contributed by atoms with Crippen LogP contribution in [0.3, 0.4) is 0 Å². The zero-order valence-electron chi connectivity index (χ0n) is 17.1. The smallest absolute Gasteiger partial charge is 0.346 e. The molecule has 0 atom stereocenters. The molecule has 2 aromatic carbocycles. The molecule has 8 heteroatoms. The SMILES string of the molecule is CN(Cc1cn(-c2ccccc2)nc1-c1ccccc1)c1nn(C)c(=O)n(C)c1=O. The summed E-state index contributed by atoms with van der Waals surface area (Å²) in [5.41, 5.74) is 2.80. The lowest BCUT2D eigenvalue weighted by Gasteiger charge is -2.18. The number of para-hydroxylation sites is 1. The van der Waals surface area contributed by atoms with Gasteiger partial charge in [-0.3, -0.25) is 9.36 Å². The van der Waals surface area contributed by atoms with Crippen LogP contribution in [0.5, 0.6) is 0 Å². The van der Waals surface area contributed by atoms with Crippen molar-refractivity contribution in [2.24, 2.45) is 14.1 Å². The fraction of sp³-hybridized carbons (Fsp3) is 0.182. The van der Waals surface area contributed by atoms with Crippen LogP contribution < -0.4 is 16.1 Å². The minimum absolute atomic E-state index is 0.200. The van der Waals surface area contributed by atoms with Crippen LogP contribution in [0.1, 0.15) is 5.56 Å². The minimum Gasteiger partial charge on any atom is -0.349 e. The molecule has 0 radical (unpaired) electrons. The van der Waals surface area contributed by atoms with Gasteiger partial charge < -0.3 is 4.90 Å². The first kappa shape index (κ1) is 19.4. The highest BCUT2D eigenvalue weighted by atomic mass is 16.2. The fourth-order valence-corrected chi connectivity index (χ4v) is 3.33. The van der Waals surface area contributed by atoms with E-state index in [0.717, 1.165) is 27.1 Å². The lowest BCUT2D eigenvalue weighted by molar-refractivity contribution is 0.593. The Morgan fingerprint density at radius 3 is 2.20 bits per heavy atom. The first-order valence-electron chi connectivity index (χ1n) is 9.50. The lowest BCUT2D eigenvalue weighted by Crippen LogP contribution is -2.42. The number of nitrogens with zero attached hydrogens (tertiary/aromatic N) is 6. The van der Waals surface area contributed by atoms with Crippen LogP contribution in [0.15, 0.2) is 76.4 Å². The van der Waals surface area contributed by atoms with E-state index in [1.807, 2.05) is 71.5 Å². The molecule has 8 nitrogen and oxygen atoms in total. The number of aromatic nitrogens is 5. The Labute approximate surface area is 173 Å². The second-order valence-corrected chi connectivity index (χ2v) is 7.10. The van der Waals surface area contributed by atoms with Crippen LogP contribution in [-0.4, -0.2) is 31.2 Å². The van der Waals surface area contributed by atoms with Gasteiger partial charge in [0.25, 0.3) is 5.56 Å². The molecular formula is C22H22N6O2. The Kier molecular flexibility index (Phi) is 5.05. The van der Waals surface area contributed by atoms with E-state index in [9.17, 15) is 9.59 Å². The van der Waals surface area contributed by atoms with E-state index >= 15 is 0 Å². The van der Waals surface area contributed by atoms with Gasteiger partial charge in [0.05, 0.1) is 11.4 Å². The summed E-state index contributed by atoms with van der Waals surface area (Å²) in [6.45, 7) is 0.400. The highest BCUT2D eigenvalue weighted by Crippen LogP contribution is 2.25. The second kappa shape index (κ2) is 7.82. The molecule has 2 heterocycles. The van der Waals surface area contributed by atoms with Crippen molar-refractivity contribution in [3.63, 3.8) is 0 Å². The maximum Gasteiger partial charge on any atom is 0.346 e. The van der Waals surface area contributed by atoms with Gasteiger partial charge in [-0.25, -0.2) is 14.2 Å². The van der Waals surface area contributed by atoms with Gasteiger partial charge in [-0.05, 0) is 12.1 Å². The third-order valence-corrected chi connectivity index (χ3v) is 4.93. The van der Waals surface area contributed by atoms with Crippen molar-refractivity contribution in [1.82, 2.24) is 24.1 Å². The Morgan fingerprint density at radius 1 is 0.900 bits per heavy atom. The van der Waals surface area contributed by atoms with Crippen molar-refractivity contribution in [2.45, 2.75) is 6.54 Å². The average Bonchev–Trinajstić information content (AvgIpc) is 3.19. The largest absolute Gasteiger partial charge is 0.349 e. The molecule has 0 aliphatic carbocycles. The first-order valence-corrected chi connectivity index (χ1v) is 9.50. The molecule has 0 saturated carbocycles. The van der Waals surface area contributed by atoms with Gasteiger partial charge in [-0.2, -0.15) is 5.10 Å². The molecule has 0 aliphatic heterocycles. The molecule has 152 valence electrons. The number of rotatable bonds is 5. The minimum atomic E-state index is -0.459. The van der Waals surface area contributed by atoms with Crippen LogP contribution in [-0.2, 0) is 20.6 Å². The van der Waals surface area contributed by atoms with Gasteiger partial charge in [0.2, 0.25) is 5.82 Å².